The van der Waals surface area contributed by atoms with Crippen LogP contribution in [0.2, 0.25) is 5.15 Å². The van der Waals surface area contributed by atoms with Crippen LogP contribution in [-0.4, -0.2) is 46.9 Å². The molecule has 0 aliphatic rings. The zero-order chi connectivity index (χ0) is 15.5. The van der Waals surface area contributed by atoms with E-state index in [0.717, 1.165) is 16.5 Å². The topological polar surface area (TPSA) is 56.6 Å². The van der Waals surface area contributed by atoms with Crippen molar-refractivity contribution in [1.29, 1.82) is 0 Å². The van der Waals surface area contributed by atoms with Crippen LogP contribution in [0.4, 0.5) is 0 Å². The number of aliphatic hydroxyl groups excluding tert-OH is 2. The first-order valence-electron chi connectivity index (χ1n) is 6.92. The zero-order valence-electron chi connectivity index (χ0n) is 12.4. The van der Waals surface area contributed by atoms with Crippen molar-refractivity contribution in [3.8, 4) is 0 Å². The van der Waals surface area contributed by atoms with E-state index in [4.69, 9.17) is 11.6 Å². The average molecular weight is 309 g/mol. The summed E-state index contributed by atoms with van der Waals surface area (Å²) >= 11 is 6.25. The Balaban J connectivity index is 2.17. The lowest BCUT2D eigenvalue weighted by atomic mass is 9.92. The summed E-state index contributed by atoms with van der Waals surface area (Å²) in [5.41, 5.74) is 1.30. The number of hydrogen-bond acceptors (Lipinski definition) is 4. The predicted octanol–water partition coefficient (Wildman–Crippen LogP) is 2.31. The first-order valence-corrected chi connectivity index (χ1v) is 7.30. The Hall–Kier alpha value is -1.20. The second-order valence-corrected chi connectivity index (χ2v) is 6.29. The Bertz CT molecular complexity index is 614. The molecule has 1 aromatic heterocycles. The number of aliphatic hydroxyl groups is 2. The summed E-state index contributed by atoms with van der Waals surface area (Å²) in [4.78, 5) is 6.44. The number of nitrogens with zero attached hydrogens (tertiary/aromatic N) is 2. The van der Waals surface area contributed by atoms with E-state index in [9.17, 15) is 10.2 Å². The molecule has 0 amide bonds. The van der Waals surface area contributed by atoms with Crippen LogP contribution in [0.1, 0.15) is 12.5 Å². The van der Waals surface area contributed by atoms with Crippen molar-refractivity contribution in [3.05, 3.63) is 41.0 Å². The lowest BCUT2D eigenvalue weighted by Crippen LogP contribution is -2.38. The minimum Gasteiger partial charge on any atom is -0.396 e. The Morgan fingerprint density at radius 1 is 1.24 bits per heavy atom. The molecule has 0 spiro atoms. The van der Waals surface area contributed by atoms with Crippen LogP contribution < -0.4 is 0 Å². The molecule has 21 heavy (non-hydrogen) atoms. The van der Waals surface area contributed by atoms with Gasteiger partial charge in [-0.05, 0) is 19.2 Å². The Morgan fingerprint density at radius 3 is 2.57 bits per heavy atom. The van der Waals surface area contributed by atoms with Gasteiger partial charge in [-0.25, -0.2) is 4.98 Å². The van der Waals surface area contributed by atoms with Gasteiger partial charge in [-0.1, -0.05) is 36.7 Å². The van der Waals surface area contributed by atoms with Crippen LogP contribution in [0, 0.1) is 5.41 Å². The molecule has 2 aromatic rings. The van der Waals surface area contributed by atoms with Crippen LogP contribution in [0.25, 0.3) is 10.9 Å². The van der Waals surface area contributed by atoms with Gasteiger partial charge in [0.2, 0.25) is 0 Å². The third-order valence-corrected chi connectivity index (χ3v) is 3.93. The maximum Gasteiger partial charge on any atom is 0.134 e. The molecule has 0 saturated heterocycles. The van der Waals surface area contributed by atoms with Gasteiger partial charge in [-0.15, -0.1) is 0 Å². The minimum atomic E-state index is -0.522. The molecule has 5 heteroatoms. The maximum absolute atomic E-state index is 9.37. The largest absolute Gasteiger partial charge is 0.396 e. The van der Waals surface area contributed by atoms with Gasteiger partial charge in [0.05, 0.1) is 18.7 Å². The average Bonchev–Trinajstić information content (AvgIpc) is 2.47. The molecule has 0 aliphatic carbocycles. The molecule has 1 aromatic carbocycles. The highest BCUT2D eigenvalue weighted by Gasteiger charge is 2.24. The van der Waals surface area contributed by atoms with Crippen molar-refractivity contribution in [2.24, 2.45) is 5.41 Å². The summed E-state index contributed by atoms with van der Waals surface area (Å²) in [6.45, 7) is 2.92. The molecule has 0 saturated carbocycles. The molecule has 2 N–H and O–H groups in total. The highest BCUT2D eigenvalue weighted by Crippen LogP contribution is 2.23. The molecule has 0 unspecified atom stereocenters. The summed E-state index contributed by atoms with van der Waals surface area (Å²) in [5.74, 6) is 0. The molecule has 1 heterocycles. The van der Waals surface area contributed by atoms with Crippen molar-refractivity contribution in [3.63, 3.8) is 0 Å². The lowest BCUT2D eigenvalue weighted by molar-refractivity contribution is 0.0402. The van der Waals surface area contributed by atoms with E-state index in [1.165, 1.54) is 0 Å². The quantitative estimate of drug-likeness (QED) is 0.804. The van der Waals surface area contributed by atoms with Gasteiger partial charge in [-0.3, -0.25) is 0 Å². The predicted molar refractivity (Wildman–Crippen MR) is 85.4 cm³/mol. The van der Waals surface area contributed by atoms with E-state index in [0.29, 0.717) is 18.2 Å². The Labute approximate surface area is 130 Å². The van der Waals surface area contributed by atoms with E-state index in [2.05, 4.69) is 4.98 Å². The first-order chi connectivity index (χ1) is 9.97. The number of aromatic nitrogens is 1. The van der Waals surface area contributed by atoms with Gasteiger partial charge in [0.1, 0.15) is 5.15 Å². The van der Waals surface area contributed by atoms with Crippen molar-refractivity contribution in [1.82, 2.24) is 9.88 Å². The van der Waals surface area contributed by atoms with Crippen LogP contribution >= 0.6 is 11.6 Å². The number of halogens is 1. The monoisotopic (exact) mass is 308 g/mol. The van der Waals surface area contributed by atoms with Crippen LogP contribution in [-0.2, 0) is 6.54 Å². The standard InChI is InChI=1S/C16H21ClN2O2/c1-16(10-20,11-21)9-19(2)8-13-7-12-5-3-4-6-14(12)18-15(13)17/h3-7,20-21H,8-11H2,1-2H3. The summed E-state index contributed by atoms with van der Waals surface area (Å²) < 4.78 is 0. The van der Waals surface area contributed by atoms with E-state index in [1.54, 1.807) is 0 Å². The third kappa shape index (κ3) is 3.92. The highest BCUT2D eigenvalue weighted by atomic mass is 35.5. The number of hydrogen-bond donors (Lipinski definition) is 2. The molecule has 0 aliphatic heterocycles. The molecule has 114 valence electrons. The van der Waals surface area contributed by atoms with Gasteiger partial charge < -0.3 is 15.1 Å². The number of pyridine rings is 1. The minimum absolute atomic E-state index is 0.0580. The van der Waals surface area contributed by atoms with Crippen LogP contribution in [0.3, 0.4) is 0 Å². The number of fused-ring (bicyclic) bond motifs is 1. The van der Waals surface area contributed by atoms with Gasteiger partial charge >= 0.3 is 0 Å². The highest BCUT2D eigenvalue weighted by molar-refractivity contribution is 6.30. The van der Waals surface area contributed by atoms with Gasteiger partial charge in [0.25, 0.3) is 0 Å². The summed E-state index contributed by atoms with van der Waals surface area (Å²) in [6.07, 6.45) is 0. The smallest absolute Gasteiger partial charge is 0.134 e. The van der Waals surface area contributed by atoms with Crippen molar-refractivity contribution in [2.75, 3.05) is 26.8 Å². The fraction of sp³-hybridized carbons (Fsp3) is 0.438. The molecule has 0 bridgehead atoms. The number of para-hydroxylation sites is 1. The van der Waals surface area contributed by atoms with E-state index in [1.807, 2.05) is 49.2 Å². The SMILES string of the molecule is CN(Cc1cc2ccccc2nc1Cl)CC(C)(CO)CO. The van der Waals surface area contributed by atoms with Gasteiger partial charge in [0, 0.05) is 29.5 Å². The summed E-state index contributed by atoms with van der Waals surface area (Å²) in [5, 5.41) is 20.3. The fourth-order valence-electron chi connectivity index (χ4n) is 2.40. The number of rotatable bonds is 6. The molecular weight excluding hydrogens is 288 g/mol. The summed E-state index contributed by atoms with van der Waals surface area (Å²) in [7, 11) is 1.94. The van der Waals surface area contributed by atoms with E-state index >= 15 is 0 Å². The fourth-order valence-corrected chi connectivity index (χ4v) is 2.60. The molecule has 0 atom stereocenters. The van der Waals surface area contributed by atoms with E-state index in [-0.39, 0.29) is 13.2 Å². The third-order valence-electron chi connectivity index (χ3n) is 3.61. The lowest BCUT2D eigenvalue weighted by Gasteiger charge is -2.30. The second kappa shape index (κ2) is 6.71. The maximum atomic E-state index is 9.37. The molecular formula is C16H21ClN2O2. The van der Waals surface area contributed by atoms with E-state index < -0.39 is 5.41 Å². The van der Waals surface area contributed by atoms with Crippen molar-refractivity contribution in [2.45, 2.75) is 13.5 Å². The Kier molecular flexibility index (Phi) is 5.17. The van der Waals surface area contributed by atoms with Gasteiger partial charge in [0.15, 0.2) is 0 Å². The van der Waals surface area contributed by atoms with Crippen LogP contribution in [0.15, 0.2) is 30.3 Å². The molecule has 2 rings (SSSR count). The molecule has 0 radical (unpaired) electrons. The van der Waals surface area contributed by atoms with Crippen LogP contribution in [0.5, 0.6) is 0 Å². The molecule has 4 nitrogen and oxygen atoms in total. The number of benzene rings is 1. The van der Waals surface area contributed by atoms with Crippen molar-refractivity contribution >= 4 is 22.5 Å². The van der Waals surface area contributed by atoms with Gasteiger partial charge in [-0.2, -0.15) is 0 Å². The second-order valence-electron chi connectivity index (χ2n) is 5.93. The Morgan fingerprint density at radius 2 is 1.90 bits per heavy atom. The normalized spacial score (nSPS) is 12.3. The summed E-state index contributed by atoms with van der Waals surface area (Å²) in [6, 6.07) is 9.89. The molecule has 0 fully saturated rings. The first kappa shape index (κ1) is 16.2. The van der Waals surface area contributed by atoms with Crippen molar-refractivity contribution < 1.29 is 10.2 Å². The zero-order valence-corrected chi connectivity index (χ0v) is 13.1.